The second-order valence-electron chi connectivity index (χ2n) is 7.94. The Bertz CT molecular complexity index is 1370. The molecule has 4 aromatic rings. The molecule has 0 spiro atoms. The average molecular weight is 463 g/mol. The van der Waals surface area contributed by atoms with Gasteiger partial charge < -0.3 is 9.80 Å². The molecule has 33 heavy (non-hydrogen) atoms. The maximum absolute atomic E-state index is 12.9. The number of carbonyl (C=O) groups is 1. The lowest BCUT2D eigenvalue weighted by Crippen LogP contribution is -2.28. The van der Waals surface area contributed by atoms with Crippen molar-refractivity contribution in [3.63, 3.8) is 0 Å². The fraction of sp³-hybridized carbons (Fsp3) is 0.250. The number of hydrogen-bond acceptors (Lipinski definition) is 6. The summed E-state index contributed by atoms with van der Waals surface area (Å²) in [5.74, 6) is 0.627. The predicted molar refractivity (Wildman–Crippen MR) is 133 cm³/mol. The number of nitrogens with zero attached hydrogens (tertiary/aromatic N) is 6. The molecule has 0 fully saturated rings. The van der Waals surface area contributed by atoms with E-state index in [-0.39, 0.29) is 17.2 Å². The molecule has 1 amide bonds. The zero-order valence-electron chi connectivity index (χ0n) is 18.9. The summed E-state index contributed by atoms with van der Waals surface area (Å²) in [7, 11) is 5.79. The number of rotatable bonds is 8. The van der Waals surface area contributed by atoms with Crippen molar-refractivity contribution in [2.75, 3.05) is 31.8 Å². The van der Waals surface area contributed by atoms with Crippen molar-refractivity contribution in [1.29, 1.82) is 0 Å². The van der Waals surface area contributed by atoms with Crippen molar-refractivity contribution in [3.8, 4) is 0 Å². The summed E-state index contributed by atoms with van der Waals surface area (Å²) < 4.78 is 3.37. The molecule has 0 unspecified atom stereocenters. The van der Waals surface area contributed by atoms with Gasteiger partial charge in [0, 0.05) is 39.9 Å². The van der Waals surface area contributed by atoms with Gasteiger partial charge in [-0.15, -0.1) is 16.8 Å². The number of carbonyl (C=O) groups excluding carboxylic acids is 1. The Balaban J connectivity index is 1.55. The Labute approximate surface area is 196 Å². The van der Waals surface area contributed by atoms with E-state index >= 15 is 0 Å². The molecule has 9 heteroatoms. The summed E-state index contributed by atoms with van der Waals surface area (Å²) in [6.45, 7) is 4.59. The first-order valence-corrected chi connectivity index (χ1v) is 11.5. The third-order valence-corrected chi connectivity index (χ3v) is 6.33. The highest BCUT2D eigenvalue weighted by molar-refractivity contribution is 7.99. The third kappa shape index (κ3) is 4.49. The quantitative estimate of drug-likeness (QED) is 0.296. The molecule has 2 heterocycles. The molecule has 4 rings (SSSR count). The van der Waals surface area contributed by atoms with E-state index in [0.717, 1.165) is 11.3 Å². The lowest BCUT2D eigenvalue weighted by Gasteiger charge is -2.18. The van der Waals surface area contributed by atoms with Crippen LogP contribution in [0.4, 0.5) is 5.69 Å². The molecule has 0 aliphatic heterocycles. The van der Waals surface area contributed by atoms with Gasteiger partial charge in [0.25, 0.3) is 5.56 Å². The Morgan fingerprint density at radius 3 is 2.52 bits per heavy atom. The molecule has 170 valence electrons. The van der Waals surface area contributed by atoms with Gasteiger partial charge in [-0.25, -0.2) is 0 Å². The highest BCUT2D eigenvalue weighted by Gasteiger charge is 2.18. The van der Waals surface area contributed by atoms with Crippen LogP contribution in [0.2, 0.25) is 0 Å². The summed E-state index contributed by atoms with van der Waals surface area (Å²) in [5, 5.41) is 9.65. The van der Waals surface area contributed by atoms with Crippen LogP contribution in [0.5, 0.6) is 0 Å². The molecule has 0 aliphatic rings. The smallest absolute Gasteiger partial charge is 0.263 e. The topological polar surface area (TPSA) is 75.7 Å². The second-order valence-corrected chi connectivity index (χ2v) is 8.88. The number of para-hydroxylation sites is 1. The number of amides is 1. The van der Waals surface area contributed by atoms with Gasteiger partial charge in [-0.2, -0.15) is 0 Å². The van der Waals surface area contributed by atoms with Crippen molar-refractivity contribution in [3.05, 3.63) is 77.1 Å². The van der Waals surface area contributed by atoms with E-state index in [0.29, 0.717) is 34.9 Å². The van der Waals surface area contributed by atoms with Crippen molar-refractivity contribution in [2.45, 2.75) is 18.2 Å². The first-order chi connectivity index (χ1) is 15.9. The minimum Gasteiger partial charge on any atom is -0.378 e. The average Bonchev–Trinajstić information content (AvgIpc) is 3.24. The van der Waals surface area contributed by atoms with Crippen molar-refractivity contribution < 1.29 is 4.79 Å². The lowest BCUT2D eigenvalue weighted by atomic mass is 10.2. The number of fused-ring (bicyclic) bond motifs is 3. The molecule has 8 nitrogen and oxygen atoms in total. The van der Waals surface area contributed by atoms with Gasteiger partial charge in [0.1, 0.15) is 0 Å². The maximum Gasteiger partial charge on any atom is 0.263 e. The molecule has 0 radical (unpaired) electrons. The Kier molecular flexibility index (Phi) is 6.50. The summed E-state index contributed by atoms with van der Waals surface area (Å²) in [6.07, 6.45) is 1.65. The number of hydrogen-bond donors (Lipinski definition) is 0. The first-order valence-electron chi connectivity index (χ1n) is 10.5. The molecule has 2 aromatic carbocycles. The molecule has 2 aromatic heterocycles. The summed E-state index contributed by atoms with van der Waals surface area (Å²) in [5.41, 5.74) is 2.75. The Morgan fingerprint density at radius 2 is 1.82 bits per heavy atom. The third-order valence-electron chi connectivity index (χ3n) is 5.41. The summed E-state index contributed by atoms with van der Waals surface area (Å²) in [6, 6.07) is 15.5. The van der Waals surface area contributed by atoms with Crippen LogP contribution in [0.15, 0.2) is 71.1 Å². The maximum atomic E-state index is 12.9. The van der Waals surface area contributed by atoms with Crippen LogP contribution in [-0.2, 0) is 17.9 Å². The number of thioether (sulfide) groups is 1. The van der Waals surface area contributed by atoms with Crippen molar-refractivity contribution in [2.24, 2.45) is 0 Å². The van der Waals surface area contributed by atoms with Crippen LogP contribution in [-0.4, -0.2) is 56.9 Å². The van der Waals surface area contributed by atoms with E-state index in [1.54, 1.807) is 24.1 Å². The van der Waals surface area contributed by atoms with Crippen LogP contribution in [0.3, 0.4) is 0 Å². The van der Waals surface area contributed by atoms with E-state index in [1.807, 2.05) is 65.9 Å². The minimum atomic E-state index is -0.141. The Morgan fingerprint density at radius 1 is 1.09 bits per heavy atom. The second kappa shape index (κ2) is 9.50. The molecular weight excluding hydrogens is 436 g/mol. The van der Waals surface area contributed by atoms with Crippen LogP contribution >= 0.6 is 11.8 Å². The zero-order chi connectivity index (χ0) is 23.5. The molecule has 0 bridgehead atoms. The normalized spacial score (nSPS) is 11.1. The van der Waals surface area contributed by atoms with Gasteiger partial charge in [0.2, 0.25) is 11.7 Å². The predicted octanol–water partition coefficient (Wildman–Crippen LogP) is 3.05. The fourth-order valence-corrected chi connectivity index (χ4v) is 4.50. The number of anilines is 1. The van der Waals surface area contributed by atoms with E-state index in [9.17, 15) is 9.59 Å². The van der Waals surface area contributed by atoms with Crippen molar-refractivity contribution >= 4 is 40.0 Å². The molecule has 0 atom stereocenters. The van der Waals surface area contributed by atoms with Gasteiger partial charge in [0.15, 0.2) is 5.16 Å². The minimum absolute atomic E-state index is 0.0165. The SMILES string of the molecule is C=CCn1c(=O)c2ccccc2n2c(SCC(=O)N(C)Cc3ccc(N(C)C)cc3)nnc12. The molecule has 0 saturated heterocycles. The van der Waals surface area contributed by atoms with Crippen LogP contribution < -0.4 is 10.5 Å². The fourth-order valence-electron chi connectivity index (χ4n) is 3.62. The van der Waals surface area contributed by atoms with Gasteiger partial charge >= 0.3 is 0 Å². The number of aromatic nitrogens is 4. The van der Waals surface area contributed by atoms with Gasteiger partial charge in [0.05, 0.1) is 16.7 Å². The van der Waals surface area contributed by atoms with Gasteiger partial charge in [-0.1, -0.05) is 42.1 Å². The van der Waals surface area contributed by atoms with Crippen LogP contribution in [0.25, 0.3) is 16.7 Å². The largest absolute Gasteiger partial charge is 0.378 e. The van der Waals surface area contributed by atoms with Crippen LogP contribution in [0, 0.1) is 0 Å². The van der Waals surface area contributed by atoms with E-state index in [1.165, 1.54) is 16.3 Å². The number of allylic oxidation sites excluding steroid dienone is 1. The summed E-state index contributed by atoms with van der Waals surface area (Å²) >= 11 is 1.31. The summed E-state index contributed by atoms with van der Waals surface area (Å²) in [4.78, 5) is 29.4. The molecule has 0 saturated carbocycles. The number of benzene rings is 2. The molecule has 0 N–H and O–H groups in total. The first kappa shape index (κ1) is 22.6. The monoisotopic (exact) mass is 462 g/mol. The van der Waals surface area contributed by atoms with Crippen LogP contribution in [0.1, 0.15) is 5.56 Å². The van der Waals surface area contributed by atoms with E-state index in [4.69, 9.17) is 0 Å². The zero-order valence-corrected chi connectivity index (χ0v) is 19.7. The van der Waals surface area contributed by atoms with E-state index < -0.39 is 0 Å². The highest BCUT2D eigenvalue weighted by atomic mass is 32.2. The standard InChI is InChI=1S/C24H26N6O2S/c1-5-14-29-22(32)19-8-6-7-9-20(19)30-23(29)25-26-24(30)33-16-21(31)28(4)15-17-10-12-18(13-11-17)27(2)3/h5-13H,1,14-16H2,2-4H3. The molecular formula is C24H26N6O2S. The van der Waals surface area contributed by atoms with Gasteiger partial charge in [-0.3, -0.25) is 18.6 Å². The highest BCUT2D eigenvalue weighted by Crippen LogP contribution is 2.22. The lowest BCUT2D eigenvalue weighted by molar-refractivity contribution is -0.127. The van der Waals surface area contributed by atoms with Gasteiger partial charge in [-0.05, 0) is 29.8 Å². The van der Waals surface area contributed by atoms with E-state index in [2.05, 4.69) is 16.8 Å². The Hall–Kier alpha value is -3.59. The van der Waals surface area contributed by atoms with Crippen molar-refractivity contribution in [1.82, 2.24) is 24.1 Å². The molecule has 0 aliphatic carbocycles.